The van der Waals surface area contributed by atoms with Crippen LogP contribution in [0.4, 0.5) is 0 Å². The van der Waals surface area contributed by atoms with Gasteiger partial charge in [-0.25, -0.2) is 0 Å². The molecule has 0 radical (unpaired) electrons. The molecule has 1 saturated carbocycles. The Bertz CT molecular complexity index is 1150. The van der Waals surface area contributed by atoms with Crippen LogP contribution in [-0.2, 0) is 94.7 Å². The van der Waals surface area contributed by atoms with Gasteiger partial charge in [0, 0.05) is 5.92 Å². The Hall–Kier alpha value is -1.10. The van der Waals surface area contributed by atoms with Crippen molar-refractivity contribution in [2.24, 2.45) is 11.8 Å². The average Bonchev–Trinajstić information content (AvgIpc) is 3.46. The van der Waals surface area contributed by atoms with Gasteiger partial charge in [0.05, 0.1) is 270 Å². The van der Waals surface area contributed by atoms with Crippen molar-refractivity contribution in [3.05, 3.63) is 12.2 Å². The van der Waals surface area contributed by atoms with Gasteiger partial charge in [-0.05, 0) is 32.1 Å². The summed E-state index contributed by atoms with van der Waals surface area (Å²) in [6.07, 6.45) is 19.6. The third kappa shape index (κ3) is 59.9. The summed E-state index contributed by atoms with van der Waals surface area (Å²) in [5.74, 6) is 1.37. The lowest BCUT2D eigenvalue weighted by Gasteiger charge is -2.34. The molecule has 1 N–H and O–H groups in total. The highest BCUT2D eigenvalue weighted by Crippen LogP contribution is 2.35. The fourth-order valence-electron chi connectivity index (χ4n) is 7.96. The van der Waals surface area contributed by atoms with Gasteiger partial charge in [0.25, 0.3) is 0 Å². The van der Waals surface area contributed by atoms with Crippen LogP contribution in [0.15, 0.2) is 12.2 Å². The molecule has 0 amide bonds. The van der Waals surface area contributed by atoms with Crippen molar-refractivity contribution in [3.63, 3.8) is 0 Å². The quantitative estimate of drug-likeness (QED) is 0.0564. The molecule has 0 aromatic rings. The van der Waals surface area contributed by atoms with Crippen LogP contribution in [0.5, 0.6) is 0 Å². The SMILES string of the molecule is C/C=C\C1CC(CCCCCCCCC)CCC1OCCOCCOCCOCCOCCOCCOCCOCCOCCOCCOCCOCCOCCOCCOCCOCCOCCOCCOCCOCCO. The van der Waals surface area contributed by atoms with Crippen LogP contribution >= 0.6 is 0 Å². The summed E-state index contributed by atoms with van der Waals surface area (Å²) in [6.45, 7) is 24.0. The second-order valence-corrected chi connectivity index (χ2v) is 18.5. The van der Waals surface area contributed by atoms with Crippen LogP contribution < -0.4 is 0 Å². The van der Waals surface area contributed by atoms with E-state index in [-0.39, 0.29) is 6.61 Å². The molecule has 79 heavy (non-hydrogen) atoms. The van der Waals surface area contributed by atoms with Gasteiger partial charge in [0.2, 0.25) is 0 Å². The van der Waals surface area contributed by atoms with E-state index in [1.165, 1.54) is 64.2 Å². The van der Waals surface area contributed by atoms with Gasteiger partial charge in [0.1, 0.15) is 0 Å². The predicted molar refractivity (Wildman–Crippen MR) is 301 cm³/mol. The molecule has 1 aliphatic carbocycles. The minimum atomic E-state index is 0.0200. The molecule has 0 heterocycles. The van der Waals surface area contributed by atoms with Crippen molar-refractivity contribution in [3.8, 4) is 0 Å². The minimum Gasteiger partial charge on any atom is -0.394 e. The molecular formula is C58H114O21. The molecule has 21 nitrogen and oxygen atoms in total. The van der Waals surface area contributed by atoms with Gasteiger partial charge in [-0.2, -0.15) is 0 Å². The monoisotopic (exact) mass is 1150 g/mol. The molecule has 0 bridgehead atoms. The Labute approximate surface area is 477 Å². The Morgan fingerprint density at radius 2 is 0.544 bits per heavy atom. The predicted octanol–water partition coefficient (Wildman–Crippen LogP) is 5.81. The average molecular weight is 1150 g/mol. The van der Waals surface area contributed by atoms with Gasteiger partial charge >= 0.3 is 0 Å². The zero-order chi connectivity index (χ0) is 56.4. The van der Waals surface area contributed by atoms with E-state index in [0.29, 0.717) is 270 Å². The highest BCUT2D eigenvalue weighted by molar-refractivity contribution is 4.94. The van der Waals surface area contributed by atoms with Gasteiger partial charge in [-0.3, -0.25) is 0 Å². The number of aliphatic hydroxyl groups is 1. The summed E-state index contributed by atoms with van der Waals surface area (Å²) in [5, 5.41) is 8.61. The van der Waals surface area contributed by atoms with Gasteiger partial charge < -0.3 is 99.8 Å². The summed E-state index contributed by atoms with van der Waals surface area (Å²) in [7, 11) is 0. The van der Waals surface area contributed by atoms with E-state index >= 15 is 0 Å². The van der Waals surface area contributed by atoms with Gasteiger partial charge in [-0.15, -0.1) is 0 Å². The highest BCUT2D eigenvalue weighted by Gasteiger charge is 2.29. The zero-order valence-corrected chi connectivity index (χ0v) is 49.6. The first-order valence-corrected chi connectivity index (χ1v) is 30.1. The maximum absolute atomic E-state index is 8.61. The fourth-order valence-corrected chi connectivity index (χ4v) is 7.96. The van der Waals surface area contributed by atoms with E-state index < -0.39 is 0 Å². The van der Waals surface area contributed by atoms with Crippen LogP contribution in [0.2, 0.25) is 0 Å². The smallest absolute Gasteiger partial charge is 0.0704 e. The Kier molecular flexibility index (Phi) is 65.0. The lowest BCUT2D eigenvalue weighted by atomic mass is 9.77. The maximum atomic E-state index is 8.61. The van der Waals surface area contributed by atoms with E-state index in [4.69, 9.17) is 99.8 Å². The summed E-state index contributed by atoms with van der Waals surface area (Å²) in [5.41, 5.74) is 0. The van der Waals surface area contributed by atoms with E-state index in [0.717, 1.165) is 12.3 Å². The molecule has 3 unspecified atom stereocenters. The highest BCUT2D eigenvalue weighted by atomic mass is 16.6. The van der Waals surface area contributed by atoms with E-state index in [1.54, 1.807) is 0 Å². The van der Waals surface area contributed by atoms with Crippen LogP contribution in [0.25, 0.3) is 0 Å². The Morgan fingerprint density at radius 1 is 0.304 bits per heavy atom. The summed E-state index contributed by atoms with van der Waals surface area (Å²) < 4.78 is 111. The lowest BCUT2D eigenvalue weighted by molar-refractivity contribution is -0.0463. The Balaban J connectivity index is 1.65. The van der Waals surface area contributed by atoms with Gasteiger partial charge in [-0.1, -0.05) is 70.4 Å². The first-order valence-electron chi connectivity index (χ1n) is 30.1. The second-order valence-electron chi connectivity index (χ2n) is 18.5. The summed E-state index contributed by atoms with van der Waals surface area (Å²) >= 11 is 0. The molecule has 472 valence electrons. The number of allylic oxidation sites excluding steroid dienone is 1. The van der Waals surface area contributed by atoms with Crippen molar-refractivity contribution in [1.29, 1.82) is 0 Å². The van der Waals surface area contributed by atoms with E-state index in [1.807, 2.05) is 0 Å². The molecule has 1 rings (SSSR count). The number of aliphatic hydroxyl groups excluding tert-OH is 1. The largest absolute Gasteiger partial charge is 0.394 e. The second kappa shape index (κ2) is 67.7. The Morgan fingerprint density at radius 3 is 0.797 bits per heavy atom. The van der Waals surface area contributed by atoms with Crippen LogP contribution in [0.3, 0.4) is 0 Å². The van der Waals surface area contributed by atoms with Crippen molar-refractivity contribution in [2.75, 3.05) is 264 Å². The van der Waals surface area contributed by atoms with E-state index in [2.05, 4.69) is 26.0 Å². The molecule has 0 saturated heterocycles. The third-order valence-electron chi connectivity index (χ3n) is 12.1. The van der Waals surface area contributed by atoms with Gasteiger partial charge in [0.15, 0.2) is 0 Å². The lowest BCUT2D eigenvalue weighted by Crippen LogP contribution is -2.31. The number of unbranched alkanes of at least 4 members (excludes halogenated alkanes) is 6. The summed E-state index contributed by atoms with van der Waals surface area (Å²) in [4.78, 5) is 0. The van der Waals surface area contributed by atoms with Crippen LogP contribution in [0, 0.1) is 11.8 Å². The molecule has 21 heteroatoms. The fraction of sp³-hybridized carbons (Fsp3) is 0.966. The third-order valence-corrected chi connectivity index (χ3v) is 12.1. The summed E-state index contributed by atoms with van der Waals surface area (Å²) in [6, 6.07) is 0. The number of hydrogen-bond donors (Lipinski definition) is 1. The maximum Gasteiger partial charge on any atom is 0.0704 e. The first-order chi connectivity index (χ1) is 39.3. The van der Waals surface area contributed by atoms with E-state index in [9.17, 15) is 0 Å². The number of hydrogen-bond acceptors (Lipinski definition) is 21. The normalized spacial score (nSPS) is 15.9. The molecule has 0 aromatic carbocycles. The number of rotatable bonds is 69. The van der Waals surface area contributed by atoms with Crippen molar-refractivity contribution < 1.29 is 99.8 Å². The van der Waals surface area contributed by atoms with Crippen LogP contribution in [0.1, 0.15) is 84.5 Å². The van der Waals surface area contributed by atoms with Crippen LogP contribution in [-0.4, -0.2) is 275 Å². The van der Waals surface area contributed by atoms with Crippen molar-refractivity contribution in [2.45, 2.75) is 90.6 Å². The minimum absolute atomic E-state index is 0.0200. The topological polar surface area (TPSA) is 205 Å². The molecule has 0 aliphatic heterocycles. The number of ether oxygens (including phenoxy) is 20. The molecule has 0 aromatic heterocycles. The zero-order valence-electron chi connectivity index (χ0n) is 49.6. The molecule has 3 atom stereocenters. The standard InChI is InChI=1S/C58H114O21/c1-3-5-6-7-8-9-10-12-56-13-14-58(57(55-56)11-4-2)79-54-53-78-52-51-77-50-49-76-48-47-75-46-45-74-44-43-73-42-41-72-40-39-71-38-37-70-36-35-69-34-33-68-32-31-67-30-29-66-28-27-65-26-25-64-24-23-63-22-21-62-20-19-61-18-17-60-16-15-59/h4,11,56-59H,3,5-10,12-55H2,1-2H3/b11-4-. The molecule has 1 fully saturated rings. The molecular weight excluding hydrogens is 1030 g/mol. The van der Waals surface area contributed by atoms with Crippen molar-refractivity contribution in [1.82, 2.24) is 0 Å². The molecule has 0 spiro atoms. The molecule has 1 aliphatic rings. The first kappa shape index (κ1) is 75.9. The van der Waals surface area contributed by atoms with Crippen molar-refractivity contribution >= 4 is 0 Å².